The molecule has 4 heteroatoms. The Morgan fingerprint density at radius 3 is 2.59 bits per heavy atom. The van der Waals surface area contributed by atoms with Gasteiger partial charge in [-0.2, -0.15) is 0 Å². The number of ether oxygens (including phenoxy) is 1. The molecule has 0 unspecified atom stereocenters. The van der Waals surface area contributed by atoms with E-state index in [1.54, 1.807) is 7.11 Å². The predicted molar refractivity (Wildman–Crippen MR) is 107 cm³/mol. The van der Waals surface area contributed by atoms with Gasteiger partial charge in [-0.1, -0.05) is 48.5 Å². The minimum Gasteiger partial charge on any atom is -0.496 e. The summed E-state index contributed by atoms with van der Waals surface area (Å²) in [7, 11) is 1.66. The van der Waals surface area contributed by atoms with Gasteiger partial charge in [0.2, 0.25) is 5.91 Å². The van der Waals surface area contributed by atoms with E-state index < -0.39 is 0 Å². The third-order valence-corrected chi connectivity index (χ3v) is 5.94. The Kier molecular flexibility index (Phi) is 5.44. The molecule has 3 aliphatic heterocycles. The van der Waals surface area contributed by atoms with E-state index in [-0.39, 0.29) is 5.91 Å². The van der Waals surface area contributed by atoms with Crippen molar-refractivity contribution in [2.24, 2.45) is 5.92 Å². The molecule has 4 nitrogen and oxygen atoms in total. The first-order valence-corrected chi connectivity index (χ1v) is 9.90. The molecule has 0 spiro atoms. The summed E-state index contributed by atoms with van der Waals surface area (Å²) in [6.45, 7) is 3.81. The van der Waals surface area contributed by atoms with Crippen LogP contribution in [0, 0.1) is 5.92 Å². The number of piperidine rings is 1. The summed E-state index contributed by atoms with van der Waals surface area (Å²) in [4.78, 5) is 17.7. The molecule has 3 saturated heterocycles. The number of methoxy groups -OCH3 is 1. The molecule has 2 atom stereocenters. The van der Waals surface area contributed by atoms with E-state index in [9.17, 15) is 4.79 Å². The second-order valence-corrected chi connectivity index (χ2v) is 7.80. The Morgan fingerprint density at radius 1 is 1.00 bits per heavy atom. The number of amides is 1. The summed E-state index contributed by atoms with van der Waals surface area (Å²) in [5, 5.41) is 0. The van der Waals surface area contributed by atoms with E-state index in [1.165, 1.54) is 18.4 Å². The smallest absolute Gasteiger partial charge is 0.227 e. The molecule has 2 bridgehead atoms. The van der Waals surface area contributed by atoms with Crippen LogP contribution in [0.3, 0.4) is 0 Å². The van der Waals surface area contributed by atoms with Crippen molar-refractivity contribution >= 4 is 5.91 Å². The lowest BCUT2D eigenvalue weighted by molar-refractivity contribution is -0.130. The maximum Gasteiger partial charge on any atom is 0.227 e. The van der Waals surface area contributed by atoms with E-state index >= 15 is 0 Å². The van der Waals surface area contributed by atoms with E-state index in [0.717, 1.165) is 37.5 Å². The van der Waals surface area contributed by atoms with Gasteiger partial charge in [0.05, 0.1) is 13.5 Å². The van der Waals surface area contributed by atoms with Gasteiger partial charge >= 0.3 is 0 Å². The maximum atomic E-state index is 13.0. The highest BCUT2D eigenvalue weighted by Crippen LogP contribution is 2.30. The van der Waals surface area contributed by atoms with Crippen LogP contribution >= 0.6 is 0 Å². The SMILES string of the molecule is COc1ccccc1CC(=O)N1C[C@H]2CC[C@@H](C1)N(Cc1ccccc1)C2. The highest BCUT2D eigenvalue weighted by atomic mass is 16.5. The zero-order chi connectivity index (χ0) is 18.6. The molecular formula is C23H28N2O2. The molecule has 0 aliphatic carbocycles. The van der Waals surface area contributed by atoms with Crippen molar-refractivity contribution in [3.63, 3.8) is 0 Å². The van der Waals surface area contributed by atoms with Gasteiger partial charge in [-0.15, -0.1) is 0 Å². The van der Waals surface area contributed by atoms with Crippen molar-refractivity contribution < 1.29 is 9.53 Å². The van der Waals surface area contributed by atoms with Crippen molar-refractivity contribution in [1.82, 2.24) is 9.80 Å². The number of carbonyl (C=O) groups excluding carboxylic acids is 1. The predicted octanol–water partition coefficient (Wildman–Crippen LogP) is 3.36. The second kappa shape index (κ2) is 8.13. The Bertz CT molecular complexity index is 777. The first-order chi connectivity index (χ1) is 13.2. The quantitative estimate of drug-likeness (QED) is 0.816. The van der Waals surface area contributed by atoms with Crippen LogP contribution in [-0.4, -0.2) is 48.5 Å². The fourth-order valence-electron chi connectivity index (χ4n) is 4.52. The number of benzene rings is 2. The van der Waals surface area contributed by atoms with Gasteiger partial charge in [0.1, 0.15) is 5.75 Å². The second-order valence-electron chi connectivity index (χ2n) is 7.80. The molecule has 3 heterocycles. The average molecular weight is 364 g/mol. The molecule has 5 rings (SSSR count). The van der Waals surface area contributed by atoms with Gasteiger partial charge in [0, 0.05) is 37.8 Å². The number of rotatable bonds is 5. The average Bonchev–Trinajstić information content (AvgIpc) is 3.01. The molecule has 0 N–H and O–H groups in total. The van der Waals surface area contributed by atoms with Crippen LogP contribution in [-0.2, 0) is 17.8 Å². The zero-order valence-electron chi connectivity index (χ0n) is 16.0. The topological polar surface area (TPSA) is 32.8 Å². The number of fused-ring (bicyclic) bond motifs is 4. The van der Waals surface area contributed by atoms with E-state index in [1.807, 2.05) is 24.3 Å². The molecule has 1 amide bonds. The normalized spacial score (nSPS) is 22.5. The van der Waals surface area contributed by atoms with Crippen molar-refractivity contribution in [1.29, 1.82) is 0 Å². The third-order valence-electron chi connectivity index (χ3n) is 5.94. The largest absolute Gasteiger partial charge is 0.496 e. The van der Waals surface area contributed by atoms with Crippen LogP contribution in [0.5, 0.6) is 5.75 Å². The molecule has 0 aromatic heterocycles. The fraction of sp³-hybridized carbons (Fsp3) is 0.435. The number of para-hydroxylation sites is 1. The zero-order valence-corrected chi connectivity index (χ0v) is 16.0. The molecule has 0 radical (unpaired) electrons. The van der Waals surface area contributed by atoms with Crippen molar-refractivity contribution in [2.75, 3.05) is 26.7 Å². The Labute approximate surface area is 161 Å². The minimum absolute atomic E-state index is 0.220. The molecule has 0 saturated carbocycles. The van der Waals surface area contributed by atoms with Crippen LogP contribution in [0.2, 0.25) is 0 Å². The summed E-state index contributed by atoms with van der Waals surface area (Å²) in [5.74, 6) is 1.60. The molecule has 3 aliphatic rings. The van der Waals surface area contributed by atoms with E-state index in [0.29, 0.717) is 18.4 Å². The minimum atomic E-state index is 0.220. The maximum absolute atomic E-state index is 13.0. The number of hydrogen-bond acceptors (Lipinski definition) is 3. The summed E-state index contributed by atoms with van der Waals surface area (Å²) in [5.41, 5.74) is 2.33. The van der Waals surface area contributed by atoms with Gasteiger partial charge in [-0.3, -0.25) is 9.69 Å². The van der Waals surface area contributed by atoms with Gasteiger partial charge in [0.15, 0.2) is 0 Å². The van der Waals surface area contributed by atoms with Crippen LogP contribution in [0.25, 0.3) is 0 Å². The fourth-order valence-corrected chi connectivity index (χ4v) is 4.52. The molecule has 2 aromatic rings. The van der Waals surface area contributed by atoms with Crippen molar-refractivity contribution in [2.45, 2.75) is 31.8 Å². The van der Waals surface area contributed by atoms with Crippen LogP contribution in [0.1, 0.15) is 24.0 Å². The molecule has 27 heavy (non-hydrogen) atoms. The van der Waals surface area contributed by atoms with Gasteiger partial charge in [0.25, 0.3) is 0 Å². The third kappa shape index (κ3) is 4.16. The van der Waals surface area contributed by atoms with Crippen LogP contribution in [0.15, 0.2) is 54.6 Å². The summed E-state index contributed by atoms with van der Waals surface area (Å²) >= 11 is 0. The van der Waals surface area contributed by atoms with Crippen molar-refractivity contribution in [3.05, 3.63) is 65.7 Å². The Morgan fingerprint density at radius 2 is 1.78 bits per heavy atom. The van der Waals surface area contributed by atoms with Crippen molar-refractivity contribution in [3.8, 4) is 5.75 Å². The molecule has 2 aromatic carbocycles. The highest BCUT2D eigenvalue weighted by Gasteiger charge is 2.36. The molecule has 3 fully saturated rings. The summed E-state index contributed by atoms with van der Waals surface area (Å²) in [6, 6.07) is 19.0. The first-order valence-electron chi connectivity index (χ1n) is 9.90. The standard InChI is InChI=1S/C23H28N2O2/c1-27-22-10-6-5-9-20(22)13-23(26)25-16-19-11-12-21(17-25)24(15-19)14-18-7-3-2-4-8-18/h2-10,19,21H,11-17H2,1H3/t19-,21-/m0/s1. The Hall–Kier alpha value is -2.33. The highest BCUT2D eigenvalue weighted by molar-refractivity contribution is 5.79. The van der Waals surface area contributed by atoms with Gasteiger partial charge in [-0.05, 0) is 30.4 Å². The number of nitrogens with zero attached hydrogens (tertiary/aromatic N) is 2. The lowest BCUT2D eigenvalue weighted by Gasteiger charge is -2.36. The number of hydrogen-bond donors (Lipinski definition) is 0. The van der Waals surface area contributed by atoms with Crippen LogP contribution in [0.4, 0.5) is 0 Å². The lowest BCUT2D eigenvalue weighted by atomic mass is 9.94. The van der Waals surface area contributed by atoms with E-state index in [4.69, 9.17) is 4.74 Å². The van der Waals surface area contributed by atoms with Gasteiger partial charge in [-0.25, -0.2) is 0 Å². The number of carbonyl (C=O) groups is 1. The van der Waals surface area contributed by atoms with Gasteiger partial charge < -0.3 is 9.64 Å². The first kappa shape index (κ1) is 18.1. The lowest BCUT2D eigenvalue weighted by Crippen LogP contribution is -2.44. The summed E-state index contributed by atoms with van der Waals surface area (Å²) < 4.78 is 5.42. The molecular weight excluding hydrogens is 336 g/mol. The molecule has 142 valence electrons. The monoisotopic (exact) mass is 364 g/mol. The van der Waals surface area contributed by atoms with Crippen LogP contribution < -0.4 is 4.74 Å². The van der Waals surface area contributed by atoms with E-state index in [2.05, 4.69) is 40.1 Å². The Balaban J connectivity index is 1.44. The summed E-state index contributed by atoms with van der Waals surface area (Å²) in [6.07, 6.45) is 2.84.